The van der Waals surface area contributed by atoms with E-state index in [4.69, 9.17) is 9.29 Å². The van der Waals surface area contributed by atoms with Crippen molar-refractivity contribution in [2.75, 3.05) is 7.11 Å². The zero-order valence-electron chi connectivity index (χ0n) is 6.81. The molecule has 0 amide bonds. The molecule has 0 saturated heterocycles. The van der Waals surface area contributed by atoms with Gasteiger partial charge in [0.1, 0.15) is 4.21 Å². The standard InChI is InChI=1S/C7H10O3S2/c1-5(10-2)6-3-4-7(11-6)12(8)9/h3-5H,1-2H3,(H,8,9). The van der Waals surface area contributed by atoms with Gasteiger partial charge in [-0.3, -0.25) is 0 Å². The predicted octanol–water partition coefficient (Wildman–Crippen LogP) is 2.04. The van der Waals surface area contributed by atoms with Gasteiger partial charge in [0.25, 0.3) is 0 Å². The van der Waals surface area contributed by atoms with Crippen LogP contribution < -0.4 is 0 Å². The molecule has 1 aromatic heterocycles. The van der Waals surface area contributed by atoms with Gasteiger partial charge in [-0.1, -0.05) is 0 Å². The van der Waals surface area contributed by atoms with Crippen molar-refractivity contribution in [2.24, 2.45) is 0 Å². The van der Waals surface area contributed by atoms with E-state index in [9.17, 15) is 4.21 Å². The van der Waals surface area contributed by atoms with Gasteiger partial charge in [0, 0.05) is 12.0 Å². The smallest absolute Gasteiger partial charge is 0.196 e. The monoisotopic (exact) mass is 206 g/mol. The van der Waals surface area contributed by atoms with E-state index >= 15 is 0 Å². The Hall–Kier alpha value is -0.230. The lowest BCUT2D eigenvalue weighted by molar-refractivity contribution is 0.122. The summed E-state index contributed by atoms with van der Waals surface area (Å²) in [5.74, 6) is 0. The molecular weight excluding hydrogens is 196 g/mol. The van der Waals surface area contributed by atoms with Crippen molar-refractivity contribution in [3.8, 4) is 0 Å². The molecule has 12 heavy (non-hydrogen) atoms. The Balaban J connectivity index is 2.84. The van der Waals surface area contributed by atoms with E-state index in [0.717, 1.165) is 4.88 Å². The minimum Gasteiger partial charge on any atom is -0.376 e. The maximum absolute atomic E-state index is 10.6. The number of ether oxygens (including phenoxy) is 1. The molecule has 1 aromatic rings. The molecule has 1 heterocycles. The highest BCUT2D eigenvalue weighted by Gasteiger charge is 2.09. The fourth-order valence-corrected chi connectivity index (χ4v) is 2.29. The lowest BCUT2D eigenvalue weighted by Crippen LogP contribution is -1.90. The maximum Gasteiger partial charge on any atom is 0.196 e. The molecule has 2 atom stereocenters. The van der Waals surface area contributed by atoms with Crippen LogP contribution in [0.1, 0.15) is 17.9 Å². The normalized spacial score (nSPS) is 15.9. The van der Waals surface area contributed by atoms with E-state index < -0.39 is 11.1 Å². The van der Waals surface area contributed by atoms with Gasteiger partial charge < -0.3 is 9.29 Å². The molecule has 0 aliphatic carbocycles. The van der Waals surface area contributed by atoms with Crippen LogP contribution in [0.15, 0.2) is 16.3 Å². The molecule has 1 rings (SSSR count). The van der Waals surface area contributed by atoms with Crippen LogP contribution in [0.4, 0.5) is 0 Å². The fraction of sp³-hybridized carbons (Fsp3) is 0.429. The Bertz CT molecular complexity index is 282. The average Bonchev–Trinajstić information content (AvgIpc) is 2.51. The molecular formula is C7H10O3S2. The molecule has 0 spiro atoms. The Morgan fingerprint density at radius 1 is 1.67 bits per heavy atom. The fourth-order valence-electron chi connectivity index (χ4n) is 0.763. The number of hydrogen-bond acceptors (Lipinski definition) is 3. The zero-order chi connectivity index (χ0) is 9.14. The summed E-state index contributed by atoms with van der Waals surface area (Å²) in [4.78, 5) is 0.968. The van der Waals surface area contributed by atoms with E-state index in [1.165, 1.54) is 11.3 Å². The number of hydrogen-bond donors (Lipinski definition) is 1. The molecule has 0 aliphatic rings. The first-order valence-corrected chi connectivity index (χ1v) is 5.31. The van der Waals surface area contributed by atoms with Crippen molar-refractivity contribution in [3.05, 3.63) is 17.0 Å². The van der Waals surface area contributed by atoms with Gasteiger partial charge in [-0.05, 0) is 19.1 Å². The summed E-state index contributed by atoms with van der Waals surface area (Å²) in [7, 11) is 1.61. The Morgan fingerprint density at radius 3 is 2.75 bits per heavy atom. The Labute approximate surface area is 77.7 Å². The second-order valence-electron chi connectivity index (χ2n) is 2.28. The van der Waals surface area contributed by atoms with Gasteiger partial charge in [-0.15, -0.1) is 11.3 Å². The summed E-state index contributed by atoms with van der Waals surface area (Å²) in [6, 6.07) is 3.45. The highest BCUT2D eigenvalue weighted by atomic mass is 32.2. The molecule has 0 saturated carbocycles. The van der Waals surface area contributed by atoms with Crippen molar-refractivity contribution in [1.29, 1.82) is 0 Å². The molecule has 68 valence electrons. The summed E-state index contributed by atoms with van der Waals surface area (Å²) in [5, 5.41) is 0. The molecule has 0 bridgehead atoms. The first-order valence-electron chi connectivity index (χ1n) is 3.38. The van der Waals surface area contributed by atoms with Crippen LogP contribution in [0.2, 0.25) is 0 Å². The summed E-state index contributed by atoms with van der Waals surface area (Å²) in [5.41, 5.74) is 0. The van der Waals surface area contributed by atoms with Crippen molar-refractivity contribution in [2.45, 2.75) is 17.2 Å². The third-order valence-corrected chi connectivity index (χ3v) is 3.73. The van der Waals surface area contributed by atoms with E-state index in [2.05, 4.69) is 0 Å². The van der Waals surface area contributed by atoms with Crippen LogP contribution in [-0.2, 0) is 15.8 Å². The Morgan fingerprint density at radius 2 is 2.33 bits per heavy atom. The van der Waals surface area contributed by atoms with Crippen LogP contribution in [-0.4, -0.2) is 15.9 Å². The molecule has 1 N–H and O–H groups in total. The van der Waals surface area contributed by atoms with Gasteiger partial charge in [-0.25, -0.2) is 4.21 Å². The van der Waals surface area contributed by atoms with Crippen LogP contribution in [0.5, 0.6) is 0 Å². The van der Waals surface area contributed by atoms with Crippen LogP contribution in [0, 0.1) is 0 Å². The second-order valence-corrected chi connectivity index (χ2v) is 4.60. The third kappa shape index (κ3) is 2.13. The lowest BCUT2D eigenvalue weighted by atomic mass is 10.3. The third-order valence-electron chi connectivity index (χ3n) is 1.53. The average molecular weight is 206 g/mol. The largest absolute Gasteiger partial charge is 0.376 e. The Kier molecular flexibility index (Phi) is 3.39. The SMILES string of the molecule is COC(C)c1ccc(S(=O)O)s1. The summed E-state index contributed by atoms with van der Waals surface area (Å²) >= 11 is -0.565. The highest BCUT2D eigenvalue weighted by molar-refractivity contribution is 7.81. The van der Waals surface area contributed by atoms with Crippen molar-refractivity contribution in [1.82, 2.24) is 0 Å². The highest BCUT2D eigenvalue weighted by Crippen LogP contribution is 2.26. The summed E-state index contributed by atoms with van der Waals surface area (Å²) < 4.78 is 24.9. The van der Waals surface area contributed by atoms with Gasteiger partial charge in [-0.2, -0.15) is 0 Å². The number of thiophene rings is 1. The minimum absolute atomic E-state index is 0.00713. The topological polar surface area (TPSA) is 46.5 Å². The zero-order valence-corrected chi connectivity index (χ0v) is 8.45. The van der Waals surface area contributed by atoms with E-state index in [0.29, 0.717) is 4.21 Å². The van der Waals surface area contributed by atoms with Crippen LogP contribution >= 0.6 is 11.3 Å². The summed E-state index contributed by atoms with van der Waals surface area (Å²) in [6.45, 7) is 1.90. The number of rotatable bonds is 3. The van der Waals surface area contributed by atoms with Crippen molar-refractivity contribution >= 4 is 22.4 Å². The molecule has 2 unspecified atom stereocenters. The van der Waals surface area contributed by atoms with Crippen LogP contribution in [0.25, 0.3) is 0 Å². The molecule has 0 fully saturated rings. The quantitative estimate of drug-likeness (QED) is 0.770. The molecule has 0 radical (unpaired) electrons. The molecule has 0 aromatic carbocycles. The van der Waals surface area contributed by atoms with Gasteiger partial charge >= 0.3 is 0 Å². The van der Waals surface area contributed by atoms with E-state index in [-0.39, 0.29) is 6.10 Å². The molecule has 5 heteroatoms. The predicted molar refractivity (Wildman–Crippen MR) is 48.8 cm³/mol. The van der Waals surface area contributed by atoms with Gasteiger partial charge in [0.15, 0.2) is 11.1 Å². The molecule has 0 aliphatic heterocycles. The lowest BCUT2D eigenvalue weighted by Gasteiger charge is -2.04. The van der Waals surface area contributed by atoms with Crippen molar-refractivity contribution in [3.63, 3.8) is 0 Å². The first kappa shape index (κ1) is 9.85. The summed E-state index contributed by atoms with van der Waals surface area (Å²) in [6.07, 6.45) is -0.00713. The molecule has 3 nitrogen and oxygen atoms in total. The first-order chi connectivity index (χ1) is 5.65. The van der Waals surface area contributed by atoms with E-state index in [1.807, 2.05) is 13.0 Å². The van der Waals surface area contributed by atoms with Gasteiger partial charge in [0.2, 0.25) is 0 Å². The second kappa shape index (κ2) is 4.13. The maximum atomic E-state index is 10.6. The van der Waals surface area contributed by atoms with Gasteiger partial charge in [0.05, 0.1) is 6.10 Å². The minimum atomic E-state index is -1.86. The number of methoxy groups -OCH3 is 1. The van der Waals surface area contributed by atoms with Crippen LogP contribution in [0.3, 0.4) is 0 Å². The van der Waals surface area contributed by atoms with E-state index in [1.54, 1.807) is 13.2 Å². The van der Waals surface area contributed by atoms with Crippen molar-refractivity contribution < 1.29 is 13.5 Å².